The second-order valence-corrected chi connectivity index (χ2v) is 4.25. The number of carbonyl (C=O) groups is 1. The van der Waals surface area contributed by atoms with Crippen LogP contribution in [0, 0.1) is 0 Å². The summed E-state index contributed by atoms with van der Waals surface area (Å²) in [6, 6.07) is 0. The van der Waals surface area contributed by atoms with Crippen LogP contribution < -0.4 is 0 Å². The van der Waals surface area contributed by atoms with Crippen molar-refractivity contribution in [2.24, 2.45) is 0 Å². The van der Waals surface area contributed by atoms with Crippen LogP contribution in [0.3, 0.4) is 0 Å². The molecule has 4 heteroatoms. The molecule has 0 radical (unpaired) electrons. The molecule has 0 rings (SSSR count). The maximum absolute atomic E-state index is 13.0. The van der Waals surface area contributed by atoms with Gasteiger partial charge in [-0.25, -0.2) is 0 Å². The Morgan fingerprint density at radius 1 is 1.19 bits per heavy atom. The molecule has 96 valence electrons. The zero-order chi connectivity index (χ0) is 12.6. The number of alkyl halides is 2. The fourth-order valence-electron chi connectivity index (χ4n) is 1.53. The topological polar surface area (TPSA) is 37.3 Å². The van der Waals surface area contributed by atoms with Crippen molar-refractivity contribution in [3.63, 3.8) is 0 Å². The van der Waals surface area contributed by atoms with Crippen molar-refractivity contribution >= 4 is 5.78 Å². The SMILES string of the molecule is CCCCCCCCC(O)C(F)(F)C(C)=O. The molecule has 1 atom stereocenters. The van der Waals surface area contributed by atoms with Gasteiger partial charge in [-0.1, -0.05) is 45.4 Å². The van der Waals surface area contributed by atoms with Crippen molar-refractivity contribution in [2.45, 2.75) is 70.8 Å². The molecule has 0 bridgehead atoms. The summed E-state index contributed by atoms with van der Waals surface area (Å²) in [4.78, 5) is 10.6. The molecule has 1 N–H and O–H groups in total. The summed E-state index contributed by atoms with van der Waals surface area (Å²) in [5.74, 6) is -4.84. The van der Waals surface area contributed by atoms with E-state index in [1.165, 1.54) is 0 Å². The summed E-state index contributed by atoms with van der Waals surface area (Å²) in [6.07, 6.45) is 3.98. The highest BCUT2D eigenvalue weighted by molar-refractivity contribution is 5.83. The predicted octanol–water partition coefficient (Wildman–Crippen LogP) is 3.32. The molecule has 0 heterocycles. The van der Waals surface area contributed by atoms with Crippen molar-refractivity contribution in [1.29, 1.82) is 0 Å². The summed E-state index contributed by atoms with van der Waals surface area (Å²) in [6.45, 7) is 2.92. The highest BCUT2D eigenvalue weighted by Crippen LogP contribution is 2.24. The number of halogens is 2. The average molecular weight is 236 g/mol. The first kappa shape index (κ1) is 15.5. The number of rotatable bonds is 9. The Balaban J connectivity index is 3.65. The summed E-state index contributed by atoms with van der Waals surface area (Å²) >= 11 is 0. The van der Waals surface area contributed by atoms with Crippen LogP contribution in [0.2, 0.25) is 0 Å². The summed E-state index contributed by atoms with van der Waals surface area (Å²) in [5.41, 5.74) is 0. The lowest BCUT2D eigenvalue weighted by Gasteiger charge is -2.19. The second kappa shape index (κ2) is 7.71. The minimum atomic E-state index is -3.58. The number of hydrogen-bond donors (Lipinski definition) is 1. The van der Waals surface area contributed by atoms with E-state index in [1.54, 1.807) is 0 Å². The van der Waals surface area contributed by atoms with E-state index in [-0.39, 0.29) is 6.42 Å². The number of hydrogen-bond acceptors (Lipinski definition) is 2. The van der Waals surface area contributed by atoms with Crippen molar-refractivity contribution in [2.75, 3.05) is 0 Å². The summed E-state index contributed by atoms with van der Waals surface area (Å²) < 4.78 is 25.9. The van der Waals surface area contributed by atoms with Crippen LogP contribution in [0.15, 0.2) is 0 Å². The first-order chi connectivity index (χ1) is 7.42. The smallest absolute Gasteiger partial charge is 0.330 e. The average Bonchev–Trinajstić information content (AvgIpc) is 2.22. The van der Waals surface area contributed by atoms with Gasteiger partial charge in [0.15, 0.2) is 0 Å². The van der Waals surface area contributed by atoms with E-state index in [4.69, 9.17) is 0 Å². The van der Waals surface area contributed by atoms with Crippen LogP contribution in [0.5, 0.6) is 0 Å². The third-order valence-corrected chi connectivity index (χ3v) is 2.72. The molecule has 0 saturated carbocycles. The molecular weight excluding hydrogens is 214 g/mol. The molecule has 0 aromatic rings. The minimum absolute atomic E-state index is 0.00128. The molecule has 0 amide bonds. The lowest BCUT2D eigenvalue weighted by molar-refractivity contribution is -0.159. The van der Waals surface area contributed by atoms with Gasteiger partial charge in [0.1, 0.15) is 6.10 Å². The minimum Gasteiger partial charge on any atom is -0.386 e. The quantitative estimate of drug-likeness (QED) is 0.623. The standard InChI is InChI=1S/C12H22F2O2/c1-3-4-5-6-7-8-9-11(16)12(13,14)10(2)15/h11,16H,3-9H2,1-2H3. The number of unbranched alkanes of at least 4 members (excludes halogenated alkanes) is 5. The highest BCUT2D eigenvalue weighted by atomic mass is 19.3. The van der Waals surface area contributed by atoms with Gasteiger partial charge in [0.25, 0.3) is 0 Å². The Morgan fingerprint density at radius 2 is 1.69 bits per heavy atom. The lowest BCUT2D eigenvalue weighted by Crippen LogP contribution is -2.39. The van der Waals surface area contributed by atoms with E-state index in [0.717, 1.165) is 39.0 Å². The predicted molar refractivity (Wildman–Crippen MR) is 59.6 cm³/mol. The van der Waals surface area contributed by atoms with Gasteiger partial charge in [-0.3, -0.25) is 4.79 Å². The second-order valence-electron chi connectivity index (χ2n) is 4.25. The molecule has 0 aliphatic heterocycles. The maximum Gasteiger partial charge on any atom is 0.330 e. The molecule has 16 heavy (non-hydrogen) atoms. The number of aliphatic hydroxyl groups is 1. The van der Waals surface area contributed by atoms with Gasteiger partial charge in [-0.2, -0.15) is 8.78 Å². The Hall–Kier alpha value is -0.510. The first-order valence-electron chi connectivity index (χ1n) is 5.99. The van der Waals surface area contributed by atoms with Gasteiger partial charge in [-0.05, 0) is 6.42 Å². The van der Waals surface area contributed by atoms with E-state index < -0.39 is 17.8 Å². The van der Waals surface area contributed by atoms with Gasteiger partial charge in [0.2, 0.25) is 5.78 Å². The van der Waals surface area contributed by atoms with E-state index in [9.17, 15) is 18.7 Å². The zero-order valence-electron chi connectivity index (χ0n) is 10.1. The van der Waals surface area contributed by atoms with Gasteiger partial charge >= 0.3 is 5.92 Å². The normalized spacial score (nSPS) is 13.8. The van der Waals surface area contributed by atoms with Crippen LogP contribution in [0.4, 0.5) is 8.78 Å². The van der Waals surface area contributed by atoms with E-state index in [0.29, 0.717) is 6.42 Å². The van der Waals surface area contributed by atoms with Crippen molar-refractivity contribution in [3.8, 4) is 0 Å². The summed E-state index contributed by atoms with van der Waals surface area (Å²) in [5, 5.41) is 9.18. The van der Waals surface area contributed by atoms with Gasteiger partial charge < -0.3 is 5.11 Å². The van der Waals surface area contributed by atoms with Crippen LogP contribution >= 0.6 is 0 Å². The molecule has 2 nitrogen and oxygen atoms in total. The molecule has 0 fully saturated rings. The summed E-state index contributed by atoms with van der Waals surface area (Å²) in [7, 11) is 0. The monoisotopic (exact) mass is 236 g/mol. The van der Waals surface area contributed by atoms with E-state index in [1.807, 2.05) is 0 Å². The molecule has 0 spiro atoms. The number of ketones is 1. The molecule has 1 unspecified atom stereocenters. The zero-order valence-corrected chi connectivity index (χ0v) is 10.1. The van der Waals surface area contributed by atoms with Crippen LogP contribution in [0.1, 0.15) is 58.8 Å². The maximum atomic E-state index is 13.0. The third kappa shape index (κ3) is 5.54. The molecule has 0 aromatic carbocycles. The Kier molecular flexibility index (Phi) is 7.47. The van der Waals surface area contributed by atoms with Crippen LogP contribution in [-0.4, -0.2) is 22.9 Å². The van der Waals surface area contributed by atoms with Crippen molar-refractivity contribution < 1.29 is 18.7 Å². The number of aliphatic hydroxyl groups excluding tert-OH is 1. The largest absolute Gasteiger partial charge is 0.386 e. The van der Waals surface area contributed by atoms with E-state index >= 15 is 0 Å². The first-order valence-corrected chi connectivity index (χ1v) is 5.99. The van der Waals surface area contributed by atoms with E-state index in [2.05, 4.69) is 6.92 Å². The van der Waals surface area contributed by atoms with Gasteiger partial charge in [-0.15, -0.1) is 0 Å². The molecule has 0 saturated heterocycles. The fourth-order valence-corrected chi connectivity index (χ4v) is 1.53. The number of Topliss-reactive ketones (excluding diaryl/α,β-unsaturated/α-hetero) is 1. The molecule has 0 aromatic heterocycles. The van der Waals surface area contributed by atoms with Crippen LogP contribution in [-0.2, 0) is 4.79 Å². The number of carbonyl (C=O) groups excluding carboxylic acids is 1. The van der Waals surface area contributed by atoms with Gasteiger partial charge in [0.05, 0.1) is 0 Å². The van der Waals surface area contributed by atoms with Crippen molar-refractivity contribution in [1.82, 2.24) is 0 Å². The Labute approximate surface area is 96.0 Å². The third-order valence-electron chi connectivity index (χ3n) is 2.72. The Bertz CT molecular complexity index is 205. The Morgan fingerprint density at radius 3 is 2.19 bits per heavy atom. The molecular formula is C12H22F2O2. The highest BCUT2D eigenvalue weighted by Gasteiger charge is 2.42. The lowest BCUT2D eigenvalue weighted by atomic mass is 10.0. The fraction of sp³-hybridized carbons (Fsp3) is 0.917. The molecule has 0 aliphatic carbocycles. The van der Waals surface area contributed by atoms with Crippen molar-refractivity contribution in [3.05, 3.63) is 0 Å². The van der Waals surface area contributed by atoms with Crippen LogP contribution in [0.25, 0.3) is 0 Å². The van der Waals surface area contributed by atoms with Gasteiger partial charge in [0, 0.05) is 6.92 Å². The molecule has 0 aliphatic rings.